The highest BCUT2D eigenvalue weighted by Gasteiger charge is 2.49. The van der Waals surface area contributed by atoms with E-state index in [1.165, 1.54) is 25.7 Å². The highest BCUT2D eigenvalue weighted by atomic mass is 16.2. The molecule has 4 nitrogen and oxygen atoms in total. The molecule has 0 aromatic heterocycles. The minimum Gasteiger partial charge on any atom is -0.299 e. The molecule has 0 aromatic rings. The van der Waals surface area contributed by atoms with Crippen LogP contribution in [0.2, 0.25) is 0 Å². The van der Waals surface area contributed by atoms with Crippen LogP contribution in [0.3, 0.4) is 0 Å². The Hall–Kier alpha value is -0.900. The van der Waals surface area contributed by atoms with Gasteiger partial charge >= 0.3 is 0 Å². The van der Waals surface area contributed by atoms with Crippen LogP contribution in [0.4, 0.5) is 0 Å². The number of hydrogen-bond donors (Lipinski definition) is 1. The van der Waals surface area contributed by atoms with Crippen molar-refractivity contribution in [2.24, 2.45) is 11.8 Å². The number of nitrogens with zero attached hydrogens (tertiary/aromatic N) is 1. The van der Waals surface area contributed by atoms with Gasteiger partial charge in [-0.3, -0.25) is 19.8 Å². The maximum absolute atomic E-state index is 11.5. The summed E-state index contributed by atoms with van der Waals surface area (Å²) in [5.74, 6) is -0.216. The van der Waals surface area contributed by atoms with E-state index in [9.17, 15) is 9.59 Å². The summed E-state index contributed by atoms with van der Waals surface area (Å²) >= 11 is 0. The summed E-state index contributed by atoms with van der Waals surface area (Å²) in [6.45, 7) is 1.60. The normalized spacial score (nSPS) is 37.3. The molecule has 4 heteroatoms. The zero-order valence-corrected chi connectivity index (χ0v) is 8.74. The van der Waals surface area contributed by atoms with Gasteiger partial charge in [0.2, 0.25) is 11.8 Å². The van der Waals surface area contributed by atoms with Crippen LogP contribution in [0.5, 0.6) is 0 Å². The van der Waals surface area contributed by atoms with Crippen LogP contribution < -0.4 is 5.32 Å². The standard InChI is InChI=1S/C11H16N2O2/c14-10-8-5-13(7-3-1-2-4-7)6-9(8)11(15)12-10/h7-9H,1-6H2,(H,12,14,15). The van der Waals surface area contributed by atoms with E-state index in [0.717, 1.165) is 13.1 Å². The summed E-state index contributed by atoms with van der Waals surface area (Å²) in [4.78, 5) is 25.3. The number of rotatable bonds is 1. The van der Waals surface area contributed by atoms with Gasteiger partial charge in [0, 0.05) is 19.1 Å². The summed E-state index contributed by atoms with van der Waals surface area (Å²) in [6, 6.07) is 0.635. The molecule has 2 saturated heterocycles. The van der Waals surface area contributed by atoms with Gasteiger partial charge in [0.25, 0.3) is 0 Å². The molecule has 2 heterocycles. The van der Waals surface area contributed by atoms with E-state index in [1.807, 2.05) is 0 Å². The van der Waals surface area contributed by atoms with Crippen molar-refractivity contribution in [1.82, 2.24) is 10.2 Å². The molecule has 2 aliphatic heterocycles. The average molecular weight is 208 g/mol. The van der Waals surface area contributed by atoms with E-state index in [2.05, 4.69) is 10.2 Å². The van der Waals surface area contributed by atoms with Crippen molar-refractivity contribution in [2.45, 2.75) is 31.7 Å². The first-order valence-electron chi connectivity index (χ1n) is 5.84. The maximum Gasteiger partial charge on any atom is 0.231 e. The summed E-state index contributed by atoms with van der Waals surface area (Å²) in [5, 5.41) is 2.43. The minimum atomic E-state index is -0.0573. The molecule has 0 aromatic carbocycles. The minimum absolute atomic E-state index is 0.0505. The Kier molecular flexibility index (Phi) is 2.06. The lowest BCUT2D eigenvalue weighted by Gasteiger charge is -2.23. The van der Waals surface area contributed by atoms with Gasteiger partial charge in [0.1, 0.15) is 0 Å². The van der Waals surface area contributed by atoms with Gasteiger partial charge < -0.3 is 0 Å². The number of hydrogen-bond acceptors (Lipinski definition) is 3. The Morgan fingerprint density at radius 3 is 2.07 bits per heavy atom. The Morgan fingerprint density at radius 2 is 1.53 bits per heavy atom. The van der Waals surface area contributed by atoms with Gasteiger partial charge in [0.05, 0.1) is 11.8 Å². The van der Waals surface area contributed by atoms with Crippen LogP contribution in [-0.2, 0) is 9.59 Å². The molecule has 82 valence electrons. The largest absolute Gasteiger partial charge is 0.299 e. The average Bonchev–Trinajstić information content (AvgIpc) is 2.88. The van der Waals surface area contributed by atoms with Crippen molar-refractivity contribution in [2.75, 3.05) is 13.1 Å². The van der Waals surface area contributed by atoms with Crippen molar-refractivity contribution in [3.05, 3.63) is 0 Å². The molecule has 0 spiro atoms. The van der Waals surface area contributed by atoms with Crippen LogP contribution >= 0.6 is 0 Å². The first kappa shape index (κ1) is 9.33. The van der Waals surface area contributed by atoms with E-state index in [4.69, 9.17) is 0 Å². The molecule has 1 N–H and O–H groups in total. The van der Waals surface area contributed by atoms with Gasteiger partial charge in [-0.05, 0) is 12.8 Å². The quantitative estimate of drug-likeness (QED) is 0.623. The fourth-order valence-corrected chi connectivity index (χ4v) is 3.24. The SMILES string of the molecule is O=C1NC(=O)C2CN(C3CCCC3)CC12. The van der Waals surface area contributed by atoms with Gasteiger partial charge in [-0.15, -0.1) is 0 Å². The topological polar surface area (TPSA) is 49.4 Å². The zero-order chi connectivity index (χ0) is 10.4. The fourth-order valence-electron chi connectivity index (χ4n) is 3.24. The number of likely N-dealkylation sites (tertiary alicyclic amines) is 1. The lowest BCUT2D eigenvalue weighted by atomic mass is 10.00. The van der Waals surface area contributed by atoms with Crippen molar-refractivity contribution in [3.63, 3.8) is 0 Å². The highest BCUT2D eigenvalue weighted by molar-refractivity contribution is 6.05. The second kappa shape index (κ2) is 3.30. The van der Waals surface area contributed by atoms with E-state index in [-0.39, 0.29) is 23.7 Å². The second-order valence-corrected chi connectivity index (χ2v) is 4.96. The molecule has 2 amide bonds. The summed E-state index contributed by atoms with van der Waals surface area (Å²) in [6.07, 6.45) is 5.10. The van der Waals surface area contributed by atoms with Crippen LogP contribution in [-0.4, -0.2) is 35.8 Å². The van der Waals surface area contributed by atoms with Crippen molar-refractivity contribution in [1.29, 1.82) is 0 Å². The third kappa shape index (κ3) is 1.39. The number of carbonyl (C=O) groups is 2. The molecule has 15 heavy (non-hydrogen) atoms. The van der Waals surface area contributed by atoms with E-state index in [0.29, 0.717) is 6.04 Å². The summed E-state index contributed by atoms with van der Waals surface area (Å²) in [5.41, 5.74) is 0. The number of fused-ring (bicyclic) bond motifs is 1. The molecule has 2 unspecified atom stereocenters. The van der Waals surface area contributed by atoms with Gasteiger partial charge in [-0.25, -0.2) is 0 Å². The summed E-state index contributed by atoms with van der Waals surface area (Å²) < 4.78 is 0. The number of carbonyl (C=O) groups excluding carboxylic acids is 2. The van der Waals surface area contributed by atoms with Crippen LogP contribution in [0.25, 0.3) is 0 Å². The first-order valence-corrected chi connectivity index (χ1v) is 5.84. The molecule has 1 aliphatic carbocycles. The van der Waals surface area contributed by atoms with Crippen molar-refractivity contribution < 1.29 is 9.59 Å². The third-order valence-corrected chi connectivity index (χ3v) is 4.11. The molecule has 3 aliphatic rings. The van der Waals surface area contributed by atoms with Gasteiger partial charge in [-0.2, -0.15) is 0 Å². The molecule has 3 rings (SSSR count). The monoisotopic (exact) mass is 208 g/mol. The Labute approximate surface area is 89.0 Å². The Morgan fingerprint density at radius 1 is 1.00 bits per heavy atom. The van der Waals surface area contributed by atoms with Crippen molar-refractivity contribution in [3.8, 4) is 0 Å². The molecule has 3 fully saturated rings. The lowest BCUT2D eigenvalue weighted by molar-refractivity contribution is -0.126. The highest BCUT2D eigenvalue weighted by Crippen LogP contribution is 2.33. The molecular weight excluding hydrogens is 192 g/mol. The lowest BCUT2D eigenvalue weighted by Crippen LogP contribution is -2.36. The smallest absolute Gasteiger partial charge is 0.231 e. The number of imide groups is 1. The van der Waals surface area contributed by atoms with Gasteiger partial charge in [0.15, 0.2) is 0 Å². The third-order valence-electron chi connectivity index (χ3n) is 4.11. The zero-order valence-electron chi connectivity index (χ0n) is 8.74. The molecule has 0 bridgehead atoms. The van der Waals surface area contributed by atoms with Gasteiger partial charge in [-0.1, -0.05) is 12.8 Å². The molecule has 2 atom stereocenters. The van der Waals surface area contributed by atoms with E-state index in [1.54, 1.807) is 0 Å². The van der Waals surface area contributed by atoms with E-state index >= 15 is 0 Å². The second-order valence-electron chi connectivity index (χ2n) is 4.96. The maximum atomic E-state index is 11.5. The predicted molar refractivity (Wildman–Crippen MR) is 54.0 cm³/mol. The Bertz CT molecular complexity index is 288. The van der Waals surface area contributed by atoms with Crippen LogP contribution in [0.1, 0.15) is 25.7 Å². The Balaban J connectivity index is 1.72. The van der Waals surface area contributed by atoms with Crippen molar-refractivity contribution >= 4 is 11.8 Å². The number of amides is 2. The first-order chi connectivity index (χ1) is 7.25. The van der Waals surface area contributed by atoms with E-state index < -0.39 is 0 Å². The molecule has 1 saturated carbocycles. The predicted octanol–water partition coefficient (Wildman–Crippen LogP) is 0.133. The molecular formula is C11H16N2O2. The molecule has 0 radical (unpaired) electrons. The van der Waals surface area contributed by atoms with Crippen LogP contribution in [0.15, 0.2) is 0 Å². The van der Waals surface area contributed by atoms with Crippen LogP contribution in [0, 0.1) is 11.8 Å². The summed E-state index contributed by atoms with van der Waals surface area (Å²) in [7, 11) is 0. The number of nitrogens with one attached hydrogen (secondary N) is 1. The fraction of sp³-hybridized carbons (Fsp3) is 0.818.